The first kappa shape index (κ1) is 10.9. The van der Waals surface area contributed by atoms with Crippen LogP contribution in [0.1, 0.15) is 38.3 Å². The highest BCUT2D eigenvalue weighted by Crippen LogP contribution is 2.39. The Balaban J connectivity index is 1.88. The van der Waals surface area contributed by atoms with Crippen molar-refractivity contribution >= 4 is 11.5 Å². The molecule has 3 rings (SSSR count). The summed E-state index contributed by atoms with van der Waals surface area (Å²) in [6, 6.07) is 4.19. The summed E-state index contributed by atoms with van der Waals surface area (Å²) in [5, 5.41) is 7.26. The van der Waals surface area contributed by atoms with Crippen LogP contribution in [0.3, 0.4) is 0 Å². The van der Waals surface area contributed by atoms with Crippen molar-refractivity contribution in [2.75, 3.05) is 17.2 Å². The van der Waals surface area contributed by atoms with Gasteiger partial charge in [-0.05, 0) is 37.8 Å². The normalized spacial score (nSPS) is 31.5. The van der Waals surface area contributed by atoms with E-state index in [1.165, 1.54) is 25.7 Å². The standard InChI is InChI=1S/C14H21N3/c1-10-4-3-7-14(8-10)9-15-12-6-5-11(2)16-13(12)17-14/h5-6,10,15H,3-4,7-9H2,1-2H3,(H,16,17). The molecule has 1 saturated carbocycles. The molecule has 0 aromatic carbocycles. The van der Waals surface area contributed by atoms with Gasteiger partial charge in [-0.15, -0.1) is 0 Å². The summed E-state index contributed by atoms with van der Waals surface area (Å²) in [7, 11) is 0. The highest BCUT2D eigenvalue weighted by atomic mass is 15.2. The highest BCUT2D eigenvalue weighted by Gasteiger charge is 2.37. The average Bonchev–Trinajstić information content (AvgIpc) is 2.28. The van der Waals surface area contributed by atoms with Gasteiger partial charge in [0.15, 0.2) is 0 Å². The zero-order chi connectivity index (χ0) is 11.9. The van der Waals surface area contributed by atoms with Crippen LogP contribution in [0.25, 0.3) is 0 Å². The Kier molecular flexibility index (Phi) is 2.49. The average molecular weight is 231 g/mol. The quantitative estimate of drug-likeness (QED) is 0.720. The smallest absolute Gasteiger partial charge is 0.150 e. The molecule has 1 aromatic heterocycles. The number of hydrogen-bond donors (Lipinski definition) is 2. The largest absolute Gasteiger partial charge is 0.380 e. The van der Waals surface area contributed by atoms with Gasteiger partial charge in [-0.3, -0.25) is 0 Å². The van der Waals surface area contributed by atoms with E-state index in [0.717, 1.165) is 29.7 Å². The molecular formula is C14H21N3. The molecule has 1 spiro atoms. The Morgan fingerprint density at radius 1 is 1.41 bits per heavy atom. The van der Waals surface area contributed by atoms with Gasteiger partial charge in [-0.2, -0.15) is 0 Å². The predicted octanol–water partition coefficient (Wildman–Crippen LogP) is 3.18. The van der Waals surface area contributed by atoms with Crippen LogP contribution in [-0.2, 0) is 0 Å². The molecule has 2 N–H and O–H groups in total. The van der Waals surface area contributed by atoms with E-state index in [-0.39, 0.29) is 5.54 Å². The summed E-state index contributed by atoms with van der Waals surface area (Å²) >= 11 is 0. The molecule has 1 aliphatic carbocycles. The fourth-order valence-electron chi connectivity index (χ4n) is 3.29. The summed E-state index contributed by atoms with van der Waals surface area (Å²) < 4.78 is 0. The van der Waals surface area contributed by atoms with E-state index in [2.05, 4.69) is 34.7 Å². The van der Waals surface area contributed by atoms with Crippen molar-refractivity contribution in [1.29, 1.82) is 0 Å². The molecular weight excluding hydrogens is 210 g/mol. The number of fused-ring (bicyclic) bond motifs is 1. The molecule has 3 heteroatoms. The number of hydrogen-bond acceptors (Lipinski definition) is 3. The fourth-order valence-corrected chi connectivity index (χ4v) is 3.29. The predicted molar refractivity (Wildman–Crippen MR) is 71.4 cm³/mol. The topological polar surface area (TPSA) is 37.0 Å². The Hall–Kier alpha value is -1.25. The molecule has 92 valence electrons. The van der Waals surface area contributed by atoms with Crippen molar-refractivity contribution in [2.24, 2.45) is 5.92 Å². The maximum Gasteiger partial charge on any atom is 0.150 e. The van der Waals surface area contributed by atoms with Crippen molar-refractivity contribution in [3.8, 4) is 0 Å². The van der Waals surface area contributed by atoms with Crippen LogP contribution in [0.5, 0.6) is 0 Å². The summed E-state index contributed by atoms with van der Waals surface area (Å²) in [4.78, 5) is 4.61. The Bertz CT molecular complexity index is 429. The highest BCUT2D eigenvalue weighted by molar-refractivity contribution is 5.68. The van der Waals surface area contributed by atoms with Crippen LogP contribution in [0.4, 0.5) is 11.5 Å². The molecule has 0 amide bonds. The van der Waals surface area contributed by atoms with E-state index in [1.54, 1.807) is 0 Å². The first-order chi connectivity index (χ1) is 8.17. The molecule has 2 unspecified atom stereocenters. The molecule has 2 aliphatic rings. The summed E-state index contributed by atoms with van der Waals surface area (Å²) in [5.74, 6) is 1.87. The van der Waals surface area contributed by atoms with Gasteiger partial charge in [-0.1, -0.05) is 19.8 Å². The van der Waals surface area contributed by atoms with Gasteiger partial charge in [0.2, 0.25) is 0 Å². The number of nitrogens with one attached hydrogen (secondary N) is 2. The van der Waals surface area contributed by atoms with E-state index in [1.807, 2.05) is 6.92 Å². The molecule has 0 radical (unpaired) electrons. The molecule has 0 saturated heterocycles. The van der Waals surface area contributed by atoms with Gasteiger partial charge >= 0.3 is 0 Å². The first-order valence-electron chi connectivity index (χ1n) is 6.67. The minimum Gasteiger partial charge on any atom is -0.380 e. The Morgan fingerprint density at radius 2 is 2.29 bits per heavy atom. The van der Waals surface area contributed by atoms with Gasteiger partial charge in [0.05, 0.1) is 11.2 Å². The fraction of sp³-hybridized carbons (Fsp3) is 0.643. The molecule has 2 heterocycles. The summed E-state index contributed by atoms with van der Waals surface area (Å²) in [6.45, 7) is 5.45. The van der Waals surface area contributed by atoms with Crippen LogP contribution in [-0.4, -0.2) is 17.1 Å². The van der Waals surface area contributed by atoms with Crippen LogP contribution in [0.2, 0.25) is 0 Å². The number of aromatic nitrogens is 1. The van der Waals surface area contributed by atoms with Crippen LogP contribution in [0.15, 0.2) is 12.1 Å². The van der Waals surface area contributed by atoms with Gasteiger partial charge in [-0.25, -0.2) is 4.98 Å². The molecule has 2 atom stereocenters. The second kappa shape index (κ2) is 3.90. The Labute approximate surface area is 103 Å². The van der Waals surface area contributed by atoms with E-state index in [9.17, 15) is 0 Å². The second-order valence-electron chi connectivity index (χ2n) is 5.81. The van der Waals surface area contributed by atoms with Gasteiger partial charge in [0.1, 0.15) is 5.82 Å². The number of rotatable bonds is 0. The number of pyridine rings is 1. The van der Waals surface area contributed by atoms with E-state index >= 15 is 0 Å². The monoisotopic (exact) mass is 231 g/mol. The third kappa shape index (κ3) is 1.99. The van der Waals surface area contributed by atoms with Crippen LogP contribution < -0.4 is 10.6 Å². The number of nitrogens with zero attached hydrogens (tertiary/aromatic N) is 1. The van der Waals surface area contributed by atoms with Crippen molar-refractivity contribution in [3.05, 3.63) is 17.8 Å². The van der Waals surface area contributed by atoms with E-state index in [4.69, 9.17) is 0 Å². The Morgan fingerprint density at radius 3 is 3.12 bits per heavy atom. The van der Waals surface area contributed by atoms with Crippen molar-refractivity contribution in [2.45, 2.75) is 45.1 Å². The first-order valence-corrected chi connectivity index (χ1v) is 6.67. The minimum absolute atomic E-state index is 0.242. The van der Waals surface area contributed by atoms with Crippen molar-refractivity contribution in [1.82, 2.24) is 4.98 Å². The third-order valence-corrected chi connectivity index (χ3v) is 4.13. The summed E-state index contributed by atoms with van der Waals surface area (Å²) in [5.41, 5.74) is 2.48. The molecule has 0 bridgehead atoms. The summed E-state index contributed by atoms with van der Waals surface area (Å²) in [6.07, 6.45) is 5.23. The van der Waals surface area contributed by atoms with Gasteiger partial charge in [0.25, 0.3) is 0 Å². The van der Waals surface area contributed by atoms with E-state index in [0.29, 0.717) is 0 Å². The molecule has 17 heavy (non-hydrogen) atoms. The molecule has 1 fully saturated rings. The van der Waals surface area contributed by atoms with Crippen molar-refractivity contribution in [3.63, 3.8) is 0 Å². The number of anilines is 2. The lowest BCUT2D eigenvalue weighted by Crippen LogP contribution is -2.50. The molecule has 1 aliphatic heterocycles. The lowest BCUT2D eigenvalue weighted by atomic mass is 9.75. The zero-order valence-electron chi connectivity index (χ0n) is 10.7. The van der Waals surface area contributed by atoms with Gasteiger partial charge in [0, 0.05) is 12.2 Å². The maximum absolute atomic E-state index is 4.61. The van der Waals surface area contributed by atoms with Crippen molar-refractivity contribution < 1.29 is 0 Å². The zero-order valence-corrected chi connectivity index (χ0v) is 10.7. The molecule has 1 aromatic rings. The third-order valence-electron chi connectivity index (χ3n) is 4.13. The van der Waals surface area contributed by atoms with E-state index < -0.39 is 0 Å². The minimum atomic E-state index is 0.242. The number of aryl methyl sites for hydroxylation is 1. The van der Waals surface area contributed by atoms with Gasteiger partial charge < -0.3 is 10.6 Å². The lowest BCUT2D eigenvalue weighted by Gasteiger charge is -2.44. The van der Waals surface area contributed by atoms with Crippen LogP contribution >= 0.6 is 0 Å². The van der Waals surface area contributed by atoms with Crippen LogP contribution in [0, 0.1) is 12.8 Å². The SMILES string of the molecule is Cc1ccc2c(n1)NC1(CCCC(C)C1)CN2. The molecule has 3 nitrogen and oxygen atoms in total. The second-order valence-corrected chi connectivity index (χ2v) is 5.81. The maximum atomic E-state index is 4.61. The lowest BCUT2D eigenvalue weighted by molar-refractivity contribution is 0.266.